The highest BCUT2D eigenvalue weighted by Gasteiger charge is 2.02. The van der Waals surface area contributed by atoms with Crippen molar-refractivity contribution in [3.8, 4) is 5.82 Å². The van der Waals surface area contributed by atoms with E-state index in [1.807, 2.05) is 29.1 Å². The summed E-state index contributed by atoms with van der Waals surface area (Å²) >= 11 is 0. The van der Waals surface area contributed by atoms with Crippen LogP contribution in [0.5, 0.6) is 0 Å². The van der Waals surface area contributed by atoms with Gasteiger partial charge in [-0.1, -0.05) is 0 Å². The van der Waals surface area contributed by atoms with Gasteiger partial charge in [-0.15, -0.1) is 0 Å². The molecule has 0 fully saturated rings. The lowest BCUT2D eigenvalue weighted by Gasteiger charge is -2.03. The lowest BCUT2D eigenvalue weighted by atomic mass is 10.2. The zero-order valence-electron chi connectivity index (χ0n) is 8.00. The van der Waals surface area contributed by atoms with Gasteiger partial charge in [-0.2, -0.15) is 0 Å². The van der Waals surface area contributed by atoms with E-state index in [2.05, 4.69) is 4.98 Å². The van der Waals surface area contributed by atoms with Gasteiger partial charge in [-0.3, -0.25) is 4.79 Å². The van der Waals surface area contributed by atoms with Crippen molar-refractivity contribution < 1.29 is 9.90 Å². The largest absolute Gasteiger partial charge is 0.481 e. The van der Waals surface area contributed by atoms with E-state index in [0.29, 0.717) is 0 Å². The monoisotopic (exact) mass is 202 g/mol. The number of carboxylic acid groups (broad SMARTS) is 1. The SMILES string of the molecule is O=C(O)Cc1ccnc(-n2cccc2)c1. The quantitative estimate of drug-likeness (QED) is 0.820. The fraction of sp³-hybridized carbons (Fsp3) is 0.0909. The Hall–Kier alpha value is -2.10. The van der Waals surface area contributed by atoms with Crippen molar-refractivity contribution in [2.24, 2.45) is 0 Å². The minimum atomic E-state index is -0.834. The van der Waals surface area contributed by atoms with Gasteiger partial charge < -0.3 is 9.67 Å². The molecule has 0 aliphatic carbocycles. The second-order valence-corrected chi connectivity index (χ2v) is 3.18. The van der Waals surface area contributed by atoms with E-state index in [-0.39, 0.29) is 6.42 Å². The molecule has 0 saturated carbocycles. The molecule has 0 aromatic carbocycles. The molecule has 2 rings (SSSR count). The van der Waals surface area contributed by atoms with E-state index in [9.17, 15) is 4.79 Å². The number of aromatic nitrogens is 2. The number of hydrogen-bond donors (Lipinski definition) is 1. The highest BCUT2D eigenvalue weighted by Crippen LogP contribution is 2.08. The van der Waals surface area contributed by atoms with Gasteiger partial charge in [0, 0.05) is 18.6 Å². The van der Waals surface area contributed by atoms with Gasteiger partial charge in [0.25, 0.3) is 0 Å². The Morgan fingerprint density at radius 1 is 1.40 bits per heavy atom. The van der Waals surface area contributed by atoms with E-state index in [4.69, 9.17) is 5.11 Å². The Morgan fingerprint density at radius 2 is 2.13 bits per heavy atom. The third-order valence-electron chi connectivity index (χ3n) is 2.03. The van der Waals surface area contributed by atoms with Crippen LogP contribution in [-0.2, 0) is 11.2 Å². The summed E-state index contributed by atoms with van der Waals surface area (Å²) in [6.45, 7) is 0. The van der Waals surface area contributed by atoms with Crippen LogP contribution in [0, 0.1) is 0 Å². The Balaban J connectivity index is 2.31. The van der Waals surface area contributed by atoms with E-state index < -0.39 is 5.97 Å². The van der Waals surface area contributed by atoms with E-state index in [0.717, 1.165) is 11.4 Å². The number of nitrogens with zero attached hydrogens (tertiary/aromatic N) is 2. The van der Waals surface area contributed by atoms with Crippen LogP contribution in [0.2, 0.25) is 0 Å². The van der Waals surface area contributed by atoms with Crippen molar-refractivity contribution in [2.45, 2.75) is 6.42 Å². The number of pyridine rings is 1. The topological polar surface area (TPSA) is 55.1 Å². The zero-order chi connectivity index (χ0) is 10.7. The van der Waals surface area contributed by atoms with Gasteiger partial charge in [0.15, 0.2) is 0 Å². The van der Waals surface area contributed by atoms with Crippen molar-refractivity contribution in [3.05, 3.63) is 48.4 Å². The van der Waals surface area contributed by atoms with Crippen LogP contribution >= 0.6 is 0 Å². The van der Waals surface area contributed by atoms with Gasteiger partial charge in [-0.25, -0.2) is 4.98 Å². The van der Waals surface area contributed by atoms with Crippen molar-refractivity contribution >= 4 is 5.97 Å². The molecule has 0 bridgehead atoms. The molecule has 0 spiro atoms. The summed E-state index contributed by atoms with van der Waals surface area (Å²) in [7, 11) is 0. The first-order valence-electron chi connectivity index (χ1n) is 4.56. The summed E-state index contributed by atoms with van der Waals surface area (Å²) in [4.78, 5) is 14.7. The number of carbonyl (C=O) groups is 1. The zero-order valence-corrected chi connectivity index (χ0v) is 8.00. The number of hydrogen-bond acceptors (Lipinski definition) is 2. The normalized spacial score (nSPS) is 10.1. The fourth-order valence-corrected chi connectivity index (χ4v) is 1.37. The predicted molar refractivity (Wildman–Crippen MR) is 54.9 cm³/mol. The Bertz CT molecular complexity index is 463. The maximum atomic E-state index is 10.5. The van der Waals surface area contributed by atoms with Gasteiger partial charge in [0.05, 0.1) is 6.42 Å². The van der Waals surface area contributed by atoms with E-state index >= 15 is 0 Å². The van der Waals surface area contributed by atoms with Gasteiger partial charge >= 0.3 is 5.97 Å². The minimum Gasteiger partial charge on any atom is -0.481 e. The minimum absolute atomic E-state index is 0.0246. The molecule has 2 heterocycles. The van der Waals surface area contributed by atoms with Crippen LogP contribution in [0.15, 0.2) is 42.9 Å². The highest BCUT2D eigenvalue weighted by atomic mass is 16.4. The average Bonchev–Trinajstić information content (AvgIpc) is 2.69. The first kappa shape index (κ1) is 9.45. The average molecular weight is 202 g/mol. The molecule has 2 aromatic heterocycles. The second-order valence-electron chi connectivity index (χ2n) is 3.18. The van der Waals surface area contributed by atoms with Gasteiger partial charge in [0.1, 0.15) is 5.82 Å². The molecule has 0 atom stereocenters. The summed E-state index contributed by atoms with van der Waals surface area (Å²) in [5, 5.41) is 8.66. The first-order chi connectivity index (χ1) is 7.25. The summed E-state index contributed by atoms with van der Waals surface area (Å²) in [5.41, 5.74) is 0.751. The Morgan fingerprint density at radius 3 is 2.80 bits per heavy atom. The van der Waals surface area contributed by atoms with Crippen LogP contribution in [0.3, 0.4) is 0 Å². The smallest absolute Gasteiger partial charge is 0.307 e. The summed E-state index contributed by atoms with van der Waals surface area (Å²) in [6.07, 6.45) is 5.38. The van der Waals surface area contributed by atoms with Crippen LogP contribution in [0.25, 0.3) is 5.82 Å². The summed E-state index contributed by atoms with van der Waals surface area (Å²) in [6, 6.07) is 7.27. The predicted octanol–water partition coefficient (Wildman–Crippen LogP) is 1.50. The third-order valence-corrected chi connectivity index (χ3v) is 2.03. The molecule has 4 nitrogen and oxygen atoms in total. The summed E-state index contributed by atoms with van der Waals surface area (Å²) < 4.78 is 1.84. The van der Waals surface area contributed by atoms with Crippen LogP contribution < -0.4 is 0 Å². The molecule has 2 aromatic rings. The number of carboxylic acids is 1. The molecule has 15 heavy (non-hydrogen) atoms. The van der Waals surface area contributed by atoms with Gasteiger partial charge in [-0.05, 0) is 29.8 Å². The highest BCUT2D eigenvalue weighted by molar-refractivity contribution is 5.70. The first-order valence-corrected chi connectivity index (χ1v) is 4.56. The third kappa shape index (κ3) is 2.22. The molecule has 0 radical (unpaired) electrons. The Labute approximate surface area is 86.8 Å². The maximum Gasteiger partial charge on any atom is 0.307 e. The fourth-order valence-electron chi connectivity index (χ4n) is 1.37. The molecule has 0 aliphatic heterocycles. The number of aliphatic carboxylic acids is 1. The molecule has 76 valence electrons. The van der Waals surface area contributed by atoms with E-state index in [1.54, 1.807) is 18.3 Å². The summed E-state index contributed by atoms with van der Waals surface area (Å²) in [5.74, 6) is -0.0987. The van der Waals surface area contributed by atoms with Crippen molar-refractivity contribution in [1.29, 1.82) is 0 Å². The lowest BCUT2D eigenvalue weighted by molar-refractivity contribution is -0.136. The molecular weight excluding hydrogens is 192 g/mol. The van der Waals surface area contributed by atoms with Crippen LogP contribution in [0.4, 0.5) is 0 Å². The Kier molecular flexibility index (Phi) is 2.49. The van der Waals surface area contributed by atoms with Crippen molar-refractivity contribution in [2.75, 3.05) is 0 Å². The molecule has 0 unspecified atom stereocenters. The standard InChI is InChI=1S/C11H10N2O2/c14-11(15)8-9-3-4-12-10(7-9)13-5-1-2-6-13/h1-7H,8H2,(H,14,15). The molecule has 1 N–H and O–H groups in total. The maximum absolute atomic E-state index is 10.5. The number of rotatable bonds is 3. The molecule has 0 saturated heterocycles. The van der Waals surface area contributed by atoms with Crippen molar-refractivity contribution in [3.63, 3.8) is 0 Å². The molecule has 0 aliphatic rings. The second kappa shape index (κ2) is 3.96. The van der Waals surface area contributed by atoms with Gasteiger partial charge in [0.2, 0.25) is 0 Å². The molecule has 0 amide bonds. The van der Waals surface area contributed by atoms with Crippen LogP contribution in [-0.4, -0.2) is 20.6 Å². The van der Waals surface area contributed by atoms with Crippen LogP contribution in [0.1, 0.15) is 5.56 Å². The molecule has 4 heteroatoms. The van der Waals surface area contributed by atoms with Crippen molar-refractivity contribution in [1.82, 2.24) is 9.55 Å². The lowest BCUT2D eigenvalue weighted by Crippen LogP contribution is -2.02. The molecular formula is C11H10N2O2. The van der Waals surface area contributed by atoms with E-state index in [1.165, 1.54) is 0 Å².